The summed E-state index contributed by atoms with van der Waals surface area (Å²) in [6, 6.07) is 8.81. The van der Waals surface area contributed by atoms with Crippen molar-refractivity contribution in [1.29, 1.82) is 0 Å². The molecule has 0 spiro atoms. The van der Waals surface area contributed by atoms with Crippen LogP contribution in [0.1, 0.15) is 36.5 Å². The zero-order valence-electron chi connectivity index (χ0n) is 16.5. The lowest BCUT2D eigenvalue weighted by atomic mass is 10.0. The Labute approximate surface area is 175 Å². The summed E-state index contributed by atoms with van der Waals surface area (Å²) in [6.45, 7) is 5.45. The topological polar surface area (TPSA) is 52.6 Å². The molecular weight excluding hydrogens is 393 g/mol. The van der Waals surface area contributed by atoms with Gasteiger partial charge in [0.1, 0.15) is 5.82 Å². The van der Waals surface area contributed by atoms with Crippen molar-refractivity contribution in [2.75, 3.05) is 42.5 Å². The summed E-state index contributed by atoms with van der Waals surface area (Å²) in [5.41, 5.74) is -0.0533. The van der Waals surface area contributed by atoms with Crippen LogP contribution in [0.25, 0.3) is 0 Å². The molecule has 2 fully saturated rings. The minimum atomic E-state index is -0.585. The number of carbonyl (C=O) groups excluding carboxylic acids is 1. The number of hydrogen-bond donors (Lipinski definition) is 0. The first kappa shape index (κ1) is 19.9. The molecule has 29 heavy (non-hydrogen) atoms. The summed E-state index contributed by atoms with van der Waals surface area (Å²) in [4.78, 5) is 18.7. The molecule has 6 nitrogen and oxygen atoms in total. The molecule has 2 aliphatic rings. The molecule has 0 N–H and O–H groups in total. The lowest BCUT2D eigenvalue weighted by Crippen LogP contribution is -2.49. The van der Waals surface area contributed by atoms with E-state index in [0.717, 1.165) is 18.2 Å². The Kier molecular flexibility index (Phi) is 5.85. The van der Waals surface area contributed by atoms with Crippen molar-refractivity contribution < 1.29 is 9.18 Å². The number of aromatic nitrogens is 2. The fourth-order valence-corrected chi connectivity index (χ4v) is 4.32. The summed E-state index contributed by atoms with van der Waals surface area (Å²) in [6.07, 6.45) is 3.64. The van der Waals surface area contributed by atoms with Gasteiger partial charge < -0.3 is 14.7 Å². The van der Waals surface area contributed by atoms with Crippen LogP contribution in [0.5, 0.6) is 0 Å². The molecule has 1 atom stereocenters. The van der Waals surface area contributed by atoms with Crippen molar-refractivity contribution in [3.8, 4) is 0 Å². The van der Waals surface area contributed by atoms with Gasteiger partial charge in [0.15, 0.2) is 11.6 Å². The SMILES string of the molecule is CC1CCCCN1c1ccc(N2CCN(C(=O)c3c(F)cccc3Cl)CC2)nn1. The Bertz CT molecular complexity index is 850. The van der Waals surface area contributed by atoms with Crippen molar-refractivity contribution in [3.05, 3.63) is 46.7 Å². The zero-order valence-corrected chi connectivity index (χ0v) is 17.3. The van der Waals surface area contributed by atoms with Crippen LogP contribution in [0.4, 0.5) is 16.0 Å². The number of piperidine rings is 1. The molecule has 2 saturated heterocycles. The molecule has 1 aromatic heterocycles. The molecule has 1 amide bonds. The molecule has 4 rings (SSSR count). The quantitative estimate of drug-likeness (QED) is 0.763. The second-order valence-corrected chi connectivity index (χ2v) is 8.07. The average Bonchev–Trinajstić information content (AvgIpc) is 2.74. The van der Waals surface area contributed by atoms with Crippen molar-refractivity contribution in [1.82, 2.24) is 15.1 Å². The number of benzene rings is 1. The van der Waals surface area contributed by atoms with Gasteiger partial charge in [-0.15, -0.1) is 10.2 Å². The number of carbonyl (C=O) groups is 1. The van der Waals surface area contributed by atoms with Gasteiger partial charge in [0.2, 0.25) is 0 Å². The van der Waals surface area contributed by atoms with E-state index in [2.05, 4.69) is 26.9 Å². The summed E-state index contributed by atoms with van der Waals surface area (Å²) < 4.78 is 14.1. The van der Waals surface area contributed by atoms with Crippen molar-refractivity contribution in [2.24, 2.45) is 0 Å². The number of nitrogens with zero attached hydrogens (tertiary/aromatic N) is 5. The van der Waals surface area contributed by atoms with Gasteiger partial charge in [0.05, 0.1) is 10.6 Å². The molecule has 1 aromatic carbocycles. The molecule has 0 radical (unpaired) electrons. The minimum Gasteiger partial charge on any atom is -0.352 e. The predicted molar refractivity (Wildman–Crippen MR) is 112 cm³/mol. The van der Waals surface area contributed by atoms with Gasteiger partial charge in [-0.05, 0) is 50.5 Å². The molecule has 0 bridgehead atoms. The van der Waals surface area contributed by atoms with E-state index in [1.165, 1.54) is 37.5 Å². The summed E-state index contributed by atoms with van der Waals surface area (Å²) in [5, 5.41) is 9.00. The first-order chi connectivity index (χ1) is 14.0. The lowest BCUT2D eigenvalue weighted by Gasteiger charge is -2.36. The molecule has 3 heterocycles. The highest BCUT2D eigenvalue weighted by Crippen LogP contribution is 2.25. The van der Waals surface area contributed by atoms with E-state index in [4.69, 9.17) is 11.6 Å². The van der Waals surface area contributed by atoms with Crippen LogP contribution in [-0.2, 0) is 0 Å². The second kappa shape index (κ2) is 8.53. The highest BCUT2D eigenvalue weighted by molar-refractivity contribution is 6.33. The fraction of sp³-hybridized carbons (Fsp3) is 0.476. The Morgan fingerprint density at radius 2 is 1.76 bits per heavy atom. The van der Waals surface area contributed by atoms with Crippen LogP contribution < -0.4 is 9.80 Å². The van der Waals surface area contributed by atoms with Gasteiger partial charge in [-0.25, -0.2) is 4.39 Å². The normalized spacial score (nSPS) is 20.1. The molecule has 8 heteroatoms. The van der Waals surface area contributed by atoms with E-state index in [9.17, 15) is 9.18 Å². The molecule has 2 aliphatic heterocycles. The van der Waals surface area contributed by atoms with Crippen LogP contribution in [0.15, 0.2) is 30.3 Å². The molecular formula is C21H25ClFN5O. The largest absolute Gasteiger partial charge is 0.352 e. The third kappa shape index (κ3) is 4.15. The van der Waals surface area contributed by atoms with Crippen molar-refractivity contribution >= 4 is 29.1 Å². The maximum absolute atomic E-state index is 14.1. The maximum atomic E-state index is 14.1. The first-order valence-corrected chi connectivity index (χ1v) is 10.5. The number of amides is 1. The fourth-order valence-electron chi connectivity index (χ4n) is 4.08. The summed E-state index contributed by atoms with van der Waals surface area (Å²) in [7, 11) is 0. The average molecular weight is 418 g/mol. The van der Waals surface area contributed by atoms with Crippen molar-refractivity contribution in [3.63, 3.8) is 0 Å². The van der Waals surface area contributed by atoms with Gasteiger partial charge in [0, 0.05) is 38.8 Å². The van der Waals surface area contributed by atoms with Crippen LogP contribution in [-0.4, -0.2) is 59.8 Å². The third-order valence-corrected chi connectivity index (χ3v) is 6.12. The highest BCUT2D eigenvalue weighted by atomic mass is 35.5. The number of anilines is 2. The number of piperazine rings is 1. The van der Waals surface area contributed by atoms with Gasteiger partial charge in [-0.3, -0.25) is 4.79 Å². The molecule has 2 aromatic rings. The lowest BCUT2D eigenvalue weighted by molar-refractivity contribution is 0.0742. The minimum absolute atomic E-state index is 0.0533. The van der Waals surface area contributed by atoms with Gasteiger partial charge in [0.25, 0.3) is 5.91 Å². The standard InChI is InChI=1S/C21H25ClFN5O/c1-15-5-2-3-10-28(15)19-9-8-18(24-25-19)26-11-13-27(14-12-26)21(29)20-16(22)6-4-7-17(20)23/h4,6-9,15H,2-3,5,10-14H2,1H3. The zero-order chi connectivity index (χ0) is 20.4. The Balaban J connectivity index is 1.39. The Morgan fingerprint density at radius 1 is 1.03 bits per heavy atom. The number of halogens is 2. The second-order valence-electron chi connectivity index (χ2n) is 7.66. The van der Waals surface area contributed by atoms with E-state index in [0.29, 0.717) is 32.2 Å². The maximum Gasteiger partial charge on any atom is 0.258 e. The summed E-state index contributed by atoms with van der Waals surface area (Å²) in [5.74, 6) is 0.769. The first-order valence-electron chi connectivity index (χ1n) is 10.1. The van der Waals surface area contributed by atoms with E-state index < -0.39 is 5.82 Å². The predicted octanol–water partition coefficient (Wildman–Crippen LogP) is 3.61. The molecule has 1 unspecified atom stereocenters. The van der Waals surface area contributed by atoms with Crippen molar-refractivity contribution in [2.45, 2.75) is 32.2 Å². The van der Waals surface area contributed by atoms with Crippen LogP contribution in [0, 0.1) is 5.82 Å². The Hall–Kier alpha value is -2.41. The van der Waals surface area contributed by atoms with E-state index >= 15 is 0 Å². The Morgan fingerprint density at radius 3 is 2.41 bits per heavy atom. The van der Waals surface area contributed by atoms with Crippen LogP contribution >= 0.6 is 11.6 Å². The van der Waals surface area contributed by atoms with Gasteiger partial charge in [-0.1, -0.05) is 17.7 Å². The molecule has 0 aliphatic carbocycles. The molecule has 154 valence electrons. The smallest absolute Gasteiger partial charge is 0.258 e. The van der Waals surface area contributed by atoms with Crippen LogP contribution in [0.3, 0.4) is 0 Å². The highest BCUT2D eigenvalue weighted by Gasteiger charge is 2.27. The van der Waals surface area contributed by atoms with E-state index in [-0.39, 0.29) is 16.5 Å². The monoisotopic (exact) mass is 417 g/mol. The molecule has 0 saturated carbocycles. The van der Waals surface area contributed by atoms with E-state index in [1.807, 2.05) is 12.1 Å². The third-order valence-electron chi connectivity index (χ3n) is 5.80. The number of hydrogen-bond acceptors (Lipinski definition) is 5. The summed E-state index contributed by atoms with van der Waals surface area (Å²) >= 11 is 6.04. The van der Waals surface area contributed by atoms with Gasteiger partial charge in [-0.2, -0.15) is 0 Å². The number of rotatable bonds is 3. The van der Waals surface area contributed by atoms with E-state index in [1.54, 1.807) is 4.90 Å². The van der Waals surface area contributed by atoms with Gasteiger partial charge >= 0.3 is 0 Å². The van der Waals surface area contributed by atoms with Crippen LogP contribution in [0.2, 0.25) is 5.02 Å².